The van der Waals surface area contributed by atoms with E-state index in [4.69, 9.17) is 5.10 Å². The fraction of sp³-hybridized carbons (Fsp3) is 0.435. The molecule has 0 bridgehead atoms. The lowest BCUT2D eigenvalue weighted by molar-refractivity contribution is -0.121. The number of rotatable bonds is 4. The minimum Gasteiger partial charge on any atom is -0.349 e. The third kappa shape index (κ3) is 3.99. The average Bonchev–Trinajstić information content (AvgIpc) is 3.17. The Kier molecular flexibility index (Phi) is 5.07. The minimum atomic E-state index is -0.0201. The molecule has 152 valence electrons. The molecule has 1 aliphatic rings. The molecule has 5 nitrogen and oxygen atoms in total. The van der Waals surface area contributed by atoms with Gasteiger partial charge in [-0.15, -0.1) is 11.3 Å². The van der Waals surface area contributed by atoms with Crippen LogP contribution in [0.2, 0.25) is 0 Å². The fourth-order valence-electron chi connectivity index (χ4n) is 4.31. The van der Waals surface area contributed by atoms with Gasteiger partial charge in [0.1, 0.15) is 0 Å². The van der Waals surface area contributed by atoms with Crippen LogP contribution in [0.25, 0.3) is 5.69 Å². The van der Waals surface area contributed by atoms with Gasteiger partial charge in [-0.3, -0.25) is 4.79 Å². The quantitative estimate of drug-likeness (QED) is 0.685. The second-order valence-corrected chi connectivity index (χ2v) is 10.1. The largest absolute Gasteiger partial charge is 0.349 e. The smallest absolute Gasteiger partial charge is 0.225 e. The number of carbonyl (C=O) groups is 1. The Balaban J connectivity index is 1.62. The summed E-state index contributed by atoms with van der Waals surface area (Å²) in [6.45, 7) is 10.6. The van der Waals surface area contributed by atoms with Gasteiger partial charge >= 0.3 is 0 Å². The zero-order valence-electron chi connectivity index (χ0n) is 17.7. The molecule has 0 spiro atoms. The lowest BCUT2D eigenvalue weighted by Gasteiger charge is -2.36. The van der Waals surface area contributed by atoms with E-state index < -0.39 is 0 Å². The molecule has 2 heterocycles. The lowest BCUT2D eigenvalue weighted by Crippen LogP contribution is -2.37. The highest BCUT2D eigenvalue weighted by Gasteiger charge is 2.36. The standard InChI is InChI=1S/C23H28N4OS/c1-14-8-6-7-9-19(14)27-20-12-23(4,5)11-18(17(20)13-24-27)26-22(28)10-21-15(2)25-16(3)29-21/h6-9,13,18H,10-12H2,1-5H3,(H,26,28)/t18-/m0/s1. The zero-order valence-corrected chi connectivity index (χ0v) is 18.6. The van der Waals surface area contributed by atoms with E-state index in [9.17, 15) is 4.79 Å². The Morgan fingerprint density at radius 2 is 2.03 bits per heavy atom. The topological polar surface area (TPSA) is 59.8 Å². The molecule has 1 amide bonds. The first-order chi connectivity index (χ1) is 13.7. The molecule has 4 rings (SSSR count). The van der Waals surface area contributed by atoms with Gasteiger partial charge in [0.2, 0.25) is 5.91 Å². The predicted octanol–water partition coefficient (Wildman–Crippen LogP) is 4.63. The molecule has 0 radical (unpaired) electrons. The zero-order chi connectivity index (χ0) is 20.8. The summed E-state index contributed by atoms with van der Waals surface area (Å²) in [4.78, 5) is 18.3. The highest BCUT2D eigenvalue weighted by Crippen LogP contribution is 2.41. The number of nitrogens with zero attached hydrogens (tertiary/aromatic N) is 3. The van der Waals surface area contributed by atoms with Gasteiger partial charge in [0.05, 0.1) is 40.7 Å². The van der Waals surface area contributed by atoms with Crippen molar-refractivity contribution in [3.8, 4) is 5.69 Å². The van der Waals surface area contributed by atoms with Crippen molar-refractivity contribution < 1.29 is 4.79 Å². The number of thiazole rings is 1. The number of amides is 1. The van der Waals surface area contributed by atoms with E-state index >= 15 is 0 Å². The maximum Gasteiger partial charge on any atom is 0.225 e. The third-order valence-electron chi connectivity index (χ3n) is 5.68. The van der Waals surface area contributed by atoms with Crippen molar-refractivity contribution in [2.75, 3.05) is 0 Å². The summed E-state index contributed by atoms with van der Waals surface area (Å²) < 4.78 is 2.06. The van der Waals surface area contributed by atoms with E-state index in [1.165, 1.54) is 11.3 Å². The Labute approximate surface area is 176 Å². The first-order valence-electron chi connectivity index (χ1n) is 10.1. The number of hydrogen-bond donors (Lipinski definition) is 1. The van der Waals surface area contributed by atoms with E-state index in [1.54, 1.807) is 11.3 Å². The van der Waals surface area contributed by atoms with Gasteiger partial charge in [0.15, 0.2) is 0 Å². The third-order valence-corrected chi connectivity index (χ3v) is 6.75. The van der Waals surface area contributed by atoms with Crippen molar-refractivity contribution in [1.29, 1.82) is 0 Å². The summed E-state index contributed by atoms with van der Waals surface area (Å²) in [6, 6.07) is 8.28. The Hall–Kier alpha value is -2.47. The van der Waals surface area contributed by atoms with Crippen LogP contribution in [-0.4, -0.2) is 20.7 Å². The molecular weight excluding hydrogens is 380 g/mol. The van der Waals surface area contributed by atoms with Crippen molar-refractivity contribution in [2.24, 2.45) is 5.41 Å². The number of para-hydroxylation sites is 1. The average molecular weight is 409 g/mol. The van der Waals surface area contributed by atoms with Gasteiger partial charge in [-0.2, -0.15) is 5.10 Å². The summed E-state index contributed by atoms with van der Waals surface area (Å²) in [7, 11) is 0. The molecule has 1 atom stereocenters. The second kappa shape index (κ2) is 7.41. The molecule has 0 saturated heterocycles. The van der Waals surface area contributed by atoms with E-state index in [0.29, 0.717) is 6.42 Å². The van der Waals surface area contributed by atoms with Crippen molar-refractivity contribution >= 4 is 17.2 Å². The first kappa shape index (κ1) is 19.8. The number of aryl methyl sites for hydroxylation is 3. The normalized spacial score (nSPS) is 17.8. The Morgan fingerprint density at radius 3 is 2.72 bits per heavy atom. The highest BCUT2D eigenvalue weighted by molar-refractivity contribution is 7.11. The SMILES string of the molecule is Cc1nc(C)c(CC(=O)N[C@H]2CC(C)(C)Cc3c2cnn3-c2ccccc2C)s1. The molecule has 1 aliphatic carbocycles. The van der Waals surface area contributed by atoms with Crippen LogP contribution in [0.1, 0.15) is 58.7 Å². The van der Waals surface area contributed by atoms with E-state index in [1.807, 2.05) is 32.2 Å². The number of nitrogens with one attached hydrogen (secondary N) is 1. The van der Waals surface area contributed by atoms with Crippen LogP contribution in [0.15, 0.2) is 30.5 Å². The molecule has 0 fully saturated rings. The maximum absolute atomic E-state index is 12.8. The summed E-state index contributed by atoms with van der Waals surface area (Å²) in [6.07, 6.45) is 4.17. The summed E-state index contributed by atoms with van der Waals surface area (Å²) in [5, 5.41) is 9.00. The number of carbonyl (C=O) groups excluding carboxylic acids is 1. The number of hydrogen-bond acceptors (Lipinski definition) is 4. The first-order valence-corrected chi connectivity index (χ1v) is 10.9. The molecule has 2 aromatic heterocycles. The molecule has 6 heteroatoms. The second-order valence-electron chi connectivity index (χ2n) is 8.83. The van der Waals surface area contributed by atoms with Crippen LogP contribution in [0.5, 0.6) is 0 Å². The van der Waals surface area contributed by atoms with E-state index in [2.05, 4.69) is 47.9 Å². The summed E-state index contributed by atoms with van der Waals surface area (Å²) in [5.74, 6) is 0.0500. The van der Waals surface area contributed by atoms with Crippen molar-refractivity contribution in [1.82, 2.24) is 20.1 Å². The van der Waals surface area contributed by atoms with Crippen LogP contribution in [0.4, 0.5) is 0 Å². The van der Waals surface area contributed by atoms with Crippen LogP contribution < -0.4 is 5.32 Å². The summed E-state index contributed by atoms with van der Waals surface area (Å²) >= 11 is 1.60. The van der Waals surface area contributed by atoms with Gasteiger partial charge in [-0.25, -0.2) is 9.67 Å². The van der Waals surface area contributed by atoms with Crippen LogP contribution in [0.3, 0.4) is 0 Å². The van der Waals surface area contributed by atoms with Crippen molar-refractivity contribution in [3.63, 3.8) is 0 Å². The molecule has 29 heavy (non-hydrogen) atoms. The summed E-state index contributed by atoms with van der Waals surface area (Å²) in [5.41, 5.74) is 5.68. The van der Waals surface area contributed by atoms with Crippen LogP contribution >= 0.6 is 11.3 Å². The molecular formula is C23H28N4OS. The molecule has 0 unspecified atom stereocenters. The lowest BCUT2D eigenvalue weighted by atomic mass is 9.74. The monoisotopic (exact) mass is 408 g/mol. The van der Waals surface area contributed by atoms with E-state index in [-0.39, 0.29) is 17.4 Å². The molecule has 0 aliphatic heterocycles. The van der Waals surface area contributed by atoms with Crippen molar-refractivity contribution in [2.45, 2.75) is 59.9 Å². The van der Waals surface area contributed by atoms with Crippen LogP contribution in [0, 0.1) is 26.2 Å². The van der Waals surface area contributed by atoms with Crippen molar-refractivity contribution in [3.05, 3.63) is 62.9 Å². The highest BCUT2D eigenvalue weighted by atomic mass is 32.1. The Bertz CT molecular complexity index is 1060. The molecule has 0 saturated carbocycles. The fourth-order valence-corrected chi connectivity index (χ4v) is 5.24. The number of aromatic nitrogens is 3. The maximum atomic E-state index is 12.8. The van der Waals surface area contributed by atoms with Gasteiger partial charge in [-0.05, 0) is 50.7 Å². The van der Waals surface area contributed by atoms with Gasteiger partial charge in [-0.1, -0.05) is 32.0 Å². The molecule has 3 aromatic rings. The number of benzene rings is 1. The van der Waals surface area contributed by atoms with Gasteiger partial charge < -0.3 is 5.32 Å². The molecule has 1 N–H and O–H groups in total. The van der Waals surface area contributed by atoms with Gasteiger partial charge in [0, 0.05) is 10.4 Å². The van der Waals surface area contributed by atoms with Gasteiger partial charge in [0.25, 0.3) is 0 Å². The van der Waals surface area contributed by atoms with Crippen LogP contribution in [-0.2, 0) is 17.6 Å². The van der Waals surface area contributed by atoms with E-state index in [0.717, 1.165) is 39.7 Å². The minimum absolute atomic E-state index is 0.0201. The predicted molar refractivity (Wildman–Crippen MR) is 117 cm³/mol. The number of fused-ring (bicyclic) bond motifs is 1. The molecule has 1 aromatic carbocycles. The Morgan fingerprint density at radius 1 is 1.28 bits per heavy atom.